The van der Waals surface area contributed by atoms with Crippen LogP contribution in [0, 0.1) is 11.6 Å². The Kier molecular flexibility index (Phi) is 6.99. The van der Waals surface area contributed by atoms with Crippen LogP contribution in [0.4, 0.5) is 57.0 Å². The summed E-state index contributed by atoms with van der Waals surface area (Å²) in [5, 5.41) is 5.94. The smallest absolute Gasteiger partial charge is 0.321 e. The first kappa shape index (κ1) is 25.5. The molecule has 0 aromatic heterocycles. The highest BCUT2D eigenvalue weighted by atomic mass is 19.4. The van der Waals surface area contributed by atoms with Crippen molar-refractivity contribution < 1.29 is 44.7 Å². The second kappa shape index (κ2) is 9.60. The van der Waals surface area contributed by atoms with Gasteiger partial charge in [0.05, 0.1) is 22.4 Å². The van der Waals surface area contributed by atoms with Crippen molar-refractivity contribution in [3.8, 4) is 0 Å². The number of benzene rings is 3. The summed E-state index contributed by atoms with van der Waals surface area (Å²) in [5.74, 6) is -3.50. The van der Waals surface area contributed by atoms with Crippen LogP contribution in [-0.4, -0.2) is 11.9 Å². The van der Waals surface area contributed by atoms with Crippen LogP contribution in [-0.2, 0) is 12.4 Å². The van der Waals surface area contributed by atoms with E-state index in [1.807, 2.05) is 10.6 Å². The lowest BCUT2D eigenvalue weighted by Crippen LogP contribution is -2.21. The Labute approximate surface area is 191 Å². The minimum Gasteiger partial charge on any atom is -0.321 e. The molecule has 0 aliphatic rings. The molecule has 3 rings (SSSR count). The van der Waals surface area contributed by atoms with Gasteiger partial charge < -0.3 is 16.0 Å². The highest BCUT2D eigenvalue weighted by Crippen LogP contribution is 2.37. The summed E-state index contributed by atoms with van der Waals surface area (Å²) in [7, 11) is 0. The standard InChI is InChI=1S/C22H13F8N3O2/c23-12-4-6-17(24)15(9-12)19(34)33-18-7-5-14(10-16(18)22(28,29)30)32-20(35)31-13-3-1-2-11(8-13)21(25,26)27/h1-10H,(H,33,34)(H2,31,32,35). The summed E-state index contributed by atoms with van der Waals surface area (Å²) in [6.45, 7) is 0. The van der Waals surface area contributed by atoms with Gasteiger partial charge in [0, 0.05) is 11.4 Å². The monoisotopic (exact) mass is 503 g/mol. The molecule has 35 heavy (non-hydrogen) atoms. The zero-order valence-electron chi connectivity index (χ0n) is 17.1. The Morgan fingerprint density at radius 2 is 1.34 bits per heavy atom. The Morgan fingerprint density at radius 1 is 0.686 bits per heavy atom. The Hall–Kier alpha value is -4.16. The number of nitrogens with one attached hydrogen (secondary N) is 3. The van der Waals surface area contributed by atoms with Gasteiger partial charge in [-0.15, -0.1) is 0 Å². The average Bonchev–Trinajstić information content (AvgIpc) is 2.75. The van der Waals surface area contributed by atoms with Crippen LogP contribution in [0.2, 0.25) is 0 Å². The highest BCUT2D eigenvalue weighted by Gasteiger charge is 2.35. The molecule has 3 amide bonds. The largest absolute Gasteiger partial charge is 0.418 e. The van der Waals surface area contributed by atoms with Gasteiger partial charge in [-0.3, -0.25) is 4.79 Å². The second-order valence-corrected chi connectivity index (χ2v) is 6.99. The molecule has 0 spiro atoms. The lowest BCUT2D eigenvalue weighted by molar-refractivity contribution is -0.138. The van der Waals surface area contributed by atoms with Crippen molar-refractivity contribution >= 4 is 29.0 Å². The molecule has 0 radical (unpaired) electrons. The molecular formula is C22H13F8N3O2. The molecule has 0 bridgehead atoms. The van der Waals surface area contributed by atoms with Crippen molar-refractivity contribution in [3.05, 3.63) is 89.0 Å². The number of alkyl halides is 6. The molecule has 3 aromatic rings. The SMILES string of the molecule is O=C(Nc1cccc(C(F)(F)F)c1)Nc1ccc(NC(=O)c2cc(F)ccc2F)c(C(F)(F)F)c1. The number of carbonyl (C=O) groups excluding carboxylic acids is 2. The zero-order valence-corrected chi connectivity index (χ0v) is 17.1. The van der Waals surface area contributed by atoms with E-state index in [1.54, 1.807) is 0 Å². The second-order valence-electron chi connectivity index (χ2n) is 6.99. The van der Waals surface area contributed by atoms with Gasteiger partial charge in [0.25, 0.3) is 5.91 Å². The number of amides is 3. The molecule has 0 unspecified atom stereocenters. The normalized spacial score (nSPS) is 11.7. The summed E-state index contributed by atoms with van der Waals surface area (Å²) in [5.41, 5.74) is -4.81. The molecule has 0 atom stereocenters. The van der Waals surface area contributed by atoms with Crippen molar-refractivity contribution in [1.29, 1.82) is 0 Å². The number of hydrogen-bond acceptors (Lipinski definition) is 2. The lowest BCUT2D eigenvalue weighted by Gasteiger charge is -2.16. The van der Waals surface area contributed by atoms with Gasteiger partial charge in [-0.25, -0.2) is 13.6 Å². The third-order valence-corrected chi connectivity index (χ3v) is 4.45. The summed E-state index contributed by atoms with van der Waals surface area (Å²) in [6.07, 6.45) is -9.72. The highest BCUT2D eigenvalue weighted by molar-refractivity contribution is 6.05. The fourth-order valence-electron chi connectivity index (χ4n) is 2.89. The topological polar surface area (TPSA) is 70.2 Å². The van der Waals surface area contributed by atoms with E-state index in [-0.39, 0.29) is 5.69 Å². The molecule has 5 nitrogen and oxygen atoms in total. The molecule has 0 heterocycles. The first-order valence-electron chi connectivity index (χ1n) is 9.47. The summed E-state index contributed by atoms with van der Waals surface area (Å²) in [6, 6.07) is 6.44. The maximum absolute atomic E-state index is 13.8. The third-order valence-electron chi connectivity index (χ3n) is 4.45. The number of rotatable bonds is 4. The van der Waals surface area contributed by atoms with Gasteiger partial charge in [0.15, 0.2) is 0 Å². The van der Waals surface area contributed by atoms with Gasteiger partial charge in [-0.2, -0.15) is 26.3 Å². The van der Waals surface area contributed by atoms with E-state index >= 15 is 0 Å². The van der Waals surface area contributed by atoms with Crippen LogP contribution in [0.25, 0.3) is 0 Å². The maximum atomic E-state index is 13.8. The number of hydrogen-bond donors (Lipinski definition) is 3. The van der Waals surface area contributed by atoms with Crippen LogP contribution >= 0.6 is 0 Å². The molecule has 3 aromatic carbocycles. The zero-order chi connectivity index (χ0) is 26.0. The lowest BCUT2D eigenvalue weighted by atomic mass is 10.1. The summed E-state index contributed by atoms with van der Waals surface area (Å²) in [4.78, 5) is 24.3. The Bertz CT molecular complexity index is 1270. The van der Waals surface area contributed by atoms with E-state index in [9.17, 15) is 44.7 Å². The first-order valence-corrected chi connectivity index (χ1v) is 9.47. The van der Waals surface area contributed by atoms with Crippen LogP contribution in [0.3, 0.4) is 0 Å². The van der Waals surface area contributed by atoms with Crippen molar-refractivity contribution in [2.75, 3.05) is 16.0 Å². The Balaban J connectivity index is 1.80. The van der Waals surface area contributed by atoms with Gasteiger partial charge in [0.2, 0.25) is 0 Å². The molecule has 0 saturated carbocycles. The fourth-order valence-corrected chi connectivity index (χ4v) is 2.89. The Morgan fingerprint density at radius 3 is 1.97 bits per heavy atom. The number of carbonyl (C=O) groups is 2. The molecule has 0 aliphatic heterocycles. The minimum absolute atomic E-state index is 0.269. The number of anilines is 3. The summed E-state index contributed by atoms with van der Waals surface area (Å²) >= 11 is 0. The molecule has 0 aliphatic carbocycles. The van der Waals surface area contributed by atoms with Gasteiger partial charge in [-0.05, 0) is 54.6 Å². The van der Waals surface area contributed by atoms with E-state index in [4.69, 9.17) is 0 Å². The quantitative estimate of drug-likeness (QED) is 0.339. The van der Waals surface area contributed by atoms with Gasteiger partial charge in [0.1, 0.15) is 11.6 Å². The van der Waals surface area contributed by atoms with Crippen molar-refractivity contribution in [1.82, 2.24) is 0 Å². The summed E-state index contributed by atoms with van der Waals surface area (Å²) < 4.78 is 106. The number of halogens is 8. The number of urea groups is 1. The van der Waals surface area contributed by atoms with Crippen LogP contribution in [0.5, 0.6) is 0 Å². The van der Waals surface area contributed by atoms with Crippen LogP contribution < -0.4 is 16.0 Å². The molecule has 0 fully saturated rings. The van der Waals surface area contributed by atoms with Gasteiger partial charge in [-0.1, -0.05) is 6.07 Å². The first-order chi connectivity index (χ1) is 16.2. The molecular weight excluding hydrogens is 490 g/mol. The van der Waals surface area contributed by atoms with Crippen LogP contribution in [0.15, 0.2) is 60.7 Å². The van der Waals surface area contributed by atoms with E-state index in [2.05, 4.69) is 5.32 Å². The molecule has 184 valence electrons. The van der Waals surface area contributed by atoms with E-state index in [1.165, 1.54) is 0 Å². The molecule has 0 saturated heterocycles. The van der Waals surface area contributed by atoms with Crippen molar-refractivity contribution in [3.63, 3.8) is 0 Å². The molecule has 3 N–H and O–H groups in total. The average molecular weight is 503 g/mol. The van der Waals surface area contributed by atoms with E-state index in [0.29, 0.717) is 24.3 Å². The van der Waals surface area contributed by atoms with E-state index < -0.39 is 64.0 Å². The van der Waals surface area contributed by atoms with Crippen molar-refractivity contribution in [2.45, 2.75) is 12.4 Å². The van der Waals surface area contributed by atoms with E-state index in [0.717, 1.165) is 36.4 Å². The van der Waals surface area contributed by atoms with Gasteiger partial charge >= 0.3 is 18.4 Å². The predicted octanol–water partition coefficient (Wildman–Crippen LogP) is 6.90. The minimum atomic E-state index is -5.04. The van der Waals surface area contributed by atoms with Crippen molar-refractivity contribution in [2.24, 2.45) is 0 Å². The fraction of sp³-hybridized carbons (Fsp3) is 0.0909. The van der Waals surface area contributed by atoms with Crippen LogP contribution in [0.1, 0.15) is 21.5 Å². The predicted molar refractivity (Wildman–Crippen MR) is 110 cm³/mol. The maximum Gasteiger partial charge on any atom is 0.418 e. The third kappa shape index (κ3) is 6.46. The molecule has 13 heteroatoms.